The Labute approximate surface area is 111 Å². The van der Waals surface area contributed by atoms with Crippen molar-refractivity contribution in [1.29, 1.82) is 5.26 Å². The van der Waals surface area contributed by atoms with Crippen molar-refractivity contribution in [3.8, 4) is 6.07 Å². The van der Waals surface area contributed by atoms with Gasteiger partial charge in [0.1, 0.15) is 17.7 Å². The Morgan fingerprint density at radius 3 is 2.68 bits per heavy atom. The van der Waals surface area contributed by atoms with Gasteiger partial charge in [-0.1, -0.05) is 18.2 Å². The van der Waals surface area contributed by atoms with Crippen molar-refractivity contribution in [2.24, 2.45) is 0 Å². The van der Waals surface area contributed by atoms with Crippen molar-refractivity contribution in [2.45, 2.75) is 13.5 Å². The van der Waals surface area contributed by atoms with Crippen molar-refractivity contribution in [3.63, 3.8) is 0 Å². The van der Waals surface area contributed by atoms with Crippen LogP contribution in [0.4, 0.5) is 10.2 Å². The minimum atomic E-state index is -0.250. The highest BCUT2D eigenvalue weighted by molar-refractivity contribution is 5.54. The molecule has 0 fully saturated rings. The lowest BCUT2D eigenvalue weighted by molar-refractivity contribution is 0.607. The molecule has 0 saturated carbocycles. The first-order chi connectivity index (χ1) is 9.11. The summed E-state index contributed by atoms with van der Waals surface area (Å²) in [5.41, 5.74) is 1.90. The maximum atomic E-state index is 13.6. The van der Waals surface area contributed by atoms with Crippen LogP contribution in [0.5, 0.6) is 0 Å². The molecular weight excluding hydrogens is 241 g/mol. The molecule has 0 radical (unpaired) electrons. The van der Waals surface area contributed by atoms with Gasteiger partial charge < -0.3 is 4.90 Å². The number of halogens is 1. The number of hydrogen-bond donors (Lipinski definition) is 0. The van der Waals surface area contributed by atoms with Crippen LogP contribution in [0, 0.1) is 24.1 Å². The zero-order valence-electron chi connectivity index (χ0n) is 10.9. The Balaban J connectivity index is 2.30. The maximum Gasteiger partial charge on any atom is 0.146 e. The van der Waals surface area contributed by atoms with Gasteiger partial charge in [0.05, 0.1) is 5.56 Å². The zero-order valence-corrected chi connectivity index (χ0v) is 10.9. The lowest BCUT2D eigenvalue weighted by atomic mass is 10.2. The fraction of sp³-hybridized carbons (Fsp3) is 0.200. The first kappa shape index (κ1) is 13.0. The number of nitriles is 1. The molecule has 1 heterocycles. The number of benzene rings is 1. The Bertz CT molecular complexity index is 632. The van der Waals surface area contributed by atoms with Crippen LogP contribution >= 0.6 is 0 Å². The van der Waals surface area contributed by atoms with Gasteiger partial charge in [0.15, 0.2) is 0 Å². The van der Waals surface area contributed by atoms with E-state index in [9.17, 15) is 4.39 Å². The predicted octanol–water partition coefficient (Wildman–Crippen LogP) is 3.04. The summed E-state index contributed by atoms with van der Waals surface area (Å²) in [6.07, 6.45) is 0. The van der Waals surface area contributed by atoms with Gasteiger partial charge in [-0.3, -0.25) is 0 Å². The summed E-state index contributed by atoms with van der Waals surface area (Å²) in [7, 11) is 1.80. The Morgan fingerprint density at radius 1 is 1.26 bits per heavy atom. The molecule has 96 valence electrons. The van der Waals surface area contributed by atoms with E-state index in [-0.39, 0.29) is 5.82 Å². The highest BCUT2D eigenvalue weighted by atomic mass is 19.1. The third kappa shape index (κ3) is 2.89. The van der Waals surface area contributed by atoms with Gasteiger partial charge in [-0.2, -0.15) is 5.26 Å². The molecule has 1 aromatic carbocycles. The number of aryl methyl sites for hydroxylation is 1. The molecule has 0 saturated heterocycles. The quantitative estimate of drug-likeness (QED) is 0.846. The zero-order chi connectivity index (χ0) is 13.8. The number of pyridine rings is 1. The summed E-state index contributed by atoms with van der Waals surface area (Å²) < 4.78 is 13.6. The summed E-state index contributed by atoms with van der Waals surface area (Å²) in [4.78, 5) is 6.13. The average Bonchev–Trinajstić information content (AvgIpc) is 2.41. The fourth-order valence-corrected chi connectivity index (χ4v) is 1.88. The van der Waals surface area contributed by atoms with E-state index < -0.39 is 0 Å². The molecule has 0 aliphatic heterocycles. The molecule has 0 bridgehead atoms. The first-order valence-electron chi connectivity index (χ1n) is 5.94. The lowest BCUT2D eigenvalue weighted by Crippen LogP contribution is -2.20. The number of aromatic nitrogens is 1. The van der Waals surface area contributed by atoms with Crippen LogP contribution in [-0.4, -0.2) is 12.0 Å². The van der Waals surface area contributed by atoms with E-state index in [0.29, 0.717) is 23.5 Å². The number of anilines is 1. The second-order valence-corrected chi connectivity index (χ2v) is 4.38. The van der Waals surface area contributed by atoms with Gasteiger partial charge in [0.25, 0.3) is 0 Å². The molecule has 0 N–H and O–H groups in total. The van der Waals surface area contributed by atoms with Gasteiger partial charge >= 0.3 is 0 Å². The minimum Gasteiger partial charge on any atom is -0.354 e. The van der Waals surface area contributed by atoms with Crippen molar-refractivity contribution < 1.29 is 4.39 Å². The SMILES string of the molecule is Cc1ccc(C#N)c(N(C)Cc2ccccc2F)n1. The number of rotatable bonds is 3. The lowest BCUT2D eigenvalue weighted by Gasteiger charge is -2.20. The summed E-state index contributed by atoms with van der Waals surface area (Å²) in [5, 5.41) is 9.09. The van der Waals surface area contributed by atoms with Crippen LogP contribution in [0.1, 0.15) is 16.8 Å². The van der Waals surface area contributed by atoms with E-state index in [1.165, 1.54) is 6.07 Å². The van der Waals surface area contributed by atoms with E-state index >= 15 is 0 Å². The van der Waals surface area contributed by atoms with Crippen LogP contribution in [-0.2, 0) is 6.54 Å². The van der Waals surface area contributed by atoms with E-state index in [4.69, 9.17) is 5.26 Å². The van der Waals surface area contributed by atoms with Crippen molar-refractivity contribution in [1.82, 2.24) is 4.98 Å². The molecule has 4 heteroatoms. The molecule has 0 atom stereocenters. The van der Waals surface area contributed by atoms with Crippen molar-refractivity contribution in [2.75, 3.05) is 11.9 Å². The summed E-state index contributed by atoms with van der Waals surface area (Å²) in [6, 6.07) is 12.2. The van der Waals surface area contributed by atoms with E-state index in [2.05, 4.69) is 11.1 Å². The highest BCUT2D eigenvalue weighted by Gasteiger charge is 2.11. The van der Waals surface area contributed by atoms with Crippen LogP contribution < -0.4 is 4.90 Å². The second kappa shape index (κ2) is 5.49. The fourth-order valence-electron chi connectivity index (χ4n) is 1.88. The molecule has 0 aliphatic carbocycles. The Morgan fingerprint density at radius 2 is 2.00 bits per heavy atom. The number of hydrogen-bond acceptors (Lipinski definition) is 3. The molecule has 3 nitrogen and oxygen atoms in total. The Kier molecular flexibility index (Phi) is 3.76. The predicted molar refractivity (Wildman–Crippen MR) is 72.2 cm³/mol. The molecule has 0 amide bonds. The molecule has 0 aliphatic rings. The van der Waals surface area contributed by atoms with Gasteiger partial charge in [0.2, 0.25) is 0 Å². The largest absolute Gasteiger partial charge is 0.354 e. The van der Waals surface area contributed by atoms with Crippen molar-refractivity contribution >= 4 is 5.82 Å². The second-order valence-electron chi connectivity index (χ2n) is 4.38. The van der Waals surface area contributed by atoms with Gasteiger partial charge in [-0.25, -0.2) is 9.37 Å². The average molecular weight is 255 g/mol. The van der Waals surface area contributed by atoms with Crippen LogP contribution in [0.3, 0.4) is 0 Å². The van der Waals surface area contributed by atoms with Gasteiger partial charge in [0, 0.05) is 24.8 Å². The molecule has 2 aromatic rings. The molecule has 19 heavy (non-hydrogen) atoms. The van der Waals surface area contributed by atoms with Crippen LogP contribution in [0.25, 0.3) is 0 Å². The normalized spacial score (nSPS) is 10.0. The Hall–Kier alpha value is -2.41. The minimum absolute atomic E-state index is 0.250. The standard InChI is InChI=1S/C15H14FN3/c1-11-7-8-12(9-17)15(18-11)19(2)10-13-5-3-4-6-14(13)16/h3-8H,10H2,1-2H3. The molecule has 1 aromatic heterocycles. The van der Waals surface area contributed by atoms with Crippen molar-refractivity contribution in [3.05, 3.63) is 59.0 Å². The molecule has 0 unspecified atom stereocenters. The topological polar surface area (TPSA) is 39.9 Å². The van der Waals surface area contributed by atoms with E-state index in [1.54, 1.807) is 42.3 Å². The first-order valence-corrected chi connectivity index (χ1v) is 5.94. The third-order valence-electron chi connectivity index (χ3n) is 2.86. The smallest absolute Gasteiger partial charge is 0.146 e. The van der Waals surface area contributed by atoms with Crippen LogP contribution in [0.2, 0.25) is 0 Å². The molecule has 2 rings (SSSR count). The van der Waals surface area contributed by atoms with Crippen LogP contribution in [0.15, 0.2) is 36.4 Å². The molecule has 0 spiro atoms. The summed E-state index contributed by atoms with van der Waals surface area (Å²) >= 11 is 0. The summed E-state index contributed by atoms with van der Waals surface area (Å²) in [6.45, 7) is 2.24. The monoisotopic (exact) mass is 255 g/mol. The van der Waals surface area contributed by atoms with E-state index in [0.717, 1.165) is 5.69 Å². The molecular formula is C15H14FN3. The van der Waals surface area contributed by atoms with Gasteiger partial charge in [-0.15, -0.1) is 0 Å². The maximum absolute atomic E-state index is 13.6. The summed E-state index contributed by atoms with van der Waals surface area (Å²) in [5.74, 6) is 0.325. The highest BCUT2D eigenvalue weighted by Crippen LogP contribution is 2.19. The van der Waals surface area contributed by atoms with E-state index in [1.807, 2.05) is 6.92 Å². The number of nitrogens with zero attached hydrogens (tertiary/aromatic N) is 3. The van der Waals surface area contributed by atoms with Gasteiger partial charge in [-0.05, 0) is 25.1 Å². The third-order valence-corrected chi connectivity index (χ3v) is 2.86.